The number of hydrogen-bond acceptors (Lipinski definition) is 10. The van der Waals surface area contributed by atoms with Crippen LogP contribution in [0.2, 0.25) is 0 Å². The first-order valence-corrected chi connectivity index (χ1v) is 11.5. The molecule has 3 aromatic rings. The predicted molar refractivity (Wildman–Crippen MR) is 125 cm³/mol. The lowest BCUT2D eigenvalue weighted by atomic mass is 10.3. The van der Waals surface area contributed by atoms with Crippen molar-refractivity contribution in [3.05, 3.63) is 35.3 Å². The Morgan fingerprint density at radius 1 is 1.10 bits per heavy atom. The molecule has 162 valence electrons. The zero-order chi connectivity index (χ0) is 21.8. The van der Waals surface area contributed by atoms with E-state index in [0.29, 0.717) is 17.1 Å². The van der Waals surface area contributed by atoms with Gasteiger partial charge in [-0.25, -0.2) is 4.98 Å². The first kappa shape index (κ1) is 21.5. The molecule has 4 rings (SSSR count). The third-order valence-electron chi connectivity index (χ3n) is 4.61. The van der Waals surface area contributed by atoms with Crippen LogP contribution in [0.4, 0.5) is 22.7 Å². The lowest BCUT2D eigenvalue weighted by Gasteiger charge is -2.32. The van der Waals surface area contributed by atoms with Crippen LogP contribution in [0, 0.1) is 6.92 Å². The molecule has 2 aromatic heterocycles. The maximum atomic E-state index is 11.2. The molecule has 1 aliphatic rings. The lowest BCUT2D eigenvalue weighted by Crippen LogP contribution is -2.45. The van der Waals surface area contributed by atoms with Gasteiger partial charge in [0.2, 0.25) is 17.8 Å². The normalized spacial score (nSPS) is 14.5. The maximum Gasteiger partial charge on any atom is 0.234 e. The van der Waals surface area contributed by atoms with Crippen molar-refractivity contribution in [1.29, 1.82) is 0 Å². The van der Waals surface area contributed by atoms with Gasteiger partial charge in [-0.3, -0.25) is 10.1 Å². The maximum absolute atomic E-state index is 11.2. The van der Waals surface area contributed by atoms with E-state index in [-0.39, 0.29) is 5.91 Å². The Morgan fingerprint density at radius 3 is 2.48 bits per heavy atom. The Morgan fingerprint density at radius 2 is 1.84 bits per heavy atom. The van der Waals surface area contributed by atoms with Gasteiger partial charge in [0.05, 0.1) is 0 Å². The Kier molecular flexibility index (Phi) is 6.64. The van der Waals surface area contributed by atoms with Gasteiger partial charge in [0.15, 0.2) is 10.3 Å². The summed E-state index contributed by atoms with van der Waals surface area (Å²) in [7, 11) is 2.12. The SMILES string of the molecule is CC(=O)Nc1ccc(Sc2nc(Nc3ncc(C)s3)nc(N3CCN(C)CC3)n2)cc1. The Balaban J connectivity index is 1.58. The molecule has 0 radical (unpaired) electrons. The molecule has 11 heteroatoms. The summed E-state index contributed by atoms with van der Waals surface area (Å²) in [6, 6.07) is 7.60. The molecular formula is C20H24N8OS2. The van der Waals surface area contributed by atoms with Crippen LogP contribution in [0.5, 0.6) is 0 Å². The fourth-order valence-electron chi connectivity index (χ4n) is 3.02. The van der Waals surface area contributed by atoms with E-state index >= 15 is 0 Å². The Bertz CT molecular complexity index is 1050. The number of benzene rings is 1. The van der Waals surface area contributed by atoms with E-state index in [2.05, 4.69) is 42.4 Å². The number of anilines is 4. The highest BCUT2D eigenvalue weighted by molar-refractivity contribution is 7.99. The van der Waals surface area contributed by atoms with E-state index in [1.54, 1.807) is 11.3 Å². The molecule has 0 atom stereocenters. The largest absolute Gasteiger partial charge is 0.338 e. The Hall–Kier alpha value is -2.76. The van der Waals surface area contributed by atoms with Crippen LogP contribution in [0.1, 0.15) is 11.8 Å². The predicted octanol–water partition coefficient (Wildman–Crippen LogP) is 3.24. The van der Waals surface area contributed by atoms with Crippen molar-refractivity contribution in [2.45, 2.75) is 23.9 Å². The van der Waals surface area contributed by atoms with E-state index < -0.39 is 0 Å². The number of carbonyl (C=O) groups excluding carboxylic acids is 1. The number of nitrogens with zero attached hydrogens (tertiary/aromatic N) is 6. The van der Waals surface area contributed by atoms with Crippen LogP contribution in [0.15, 0.2) is 40.5 Å². The minimum absolute atomic E-state index is 0.0946. The van der Waals surface area contributed by atoms with E-state index in [9.17, 15) is 4.79 Å². The minimum atomic E-state index is -0.0946. The quantitative estimate of drug-likeness (QED) is 0.579. The highest BCUT2D eigenvalue weighted by Crippen LogP contribution is 2.29. The Labute approximate surface area is 189 Å². The van der Waals surface area contributed by atoms with Crippen LogP contribution < -0.4 is 15.5 Å². The van der Waals surface area contributed by atoms with Gasteiger partial charge in [-0.2, -0.15) is 15.0 Å². The molecule has 1 amide bonds. The van der Waals surface area contributed by atoms with Crippen molar-refractivity contribution >= 4 is 51.7 Å². The summed E-state index contributed by atoms with van der Waals surface area (Å²) in [6.07, 6.45) is 1.82. The van der Waals surface area contributed by atoms with Gasteiger partial charge < -0.3 is 15.1 Å². The van der Waals surface area contributed by atoms with Gasteiger partial charge in [0.25, 0.3) is 0 Å². The van der Waals surface area contributed by atoms with E-state index in [4.69, 9.17) is 4.98 Å². The summed E-state index contributed by atoms with van der Waals surface area (Å²) >= 11 is 3.01. The smallest absolute Gasteiger partial charge is 0.234 e. The average molecular weight is 457 g/mol. The first-order chi connectivity index (χ1) is 14.9. The van der Waals surface area contributed by atoms with E-state index in [1.165, 1.54) is 18.7 Å². The van der Waals surface area contributed by atoms with Crippen molar-refractivity contribution in [2.24, 2.45) is 0 Å². The second-order valence-corrected chi connectivity index (χ2v) is 9.52. The van der Waals surface area contributed by atoms with Crippen LogP contribution in [-0.4, -0.2) is 64.0 Å². The molecule has 9 nitrogen and oxygen atoms in total. The number of aryl methyl sites for hydroxylation is 1. The molecule has 1 saturated heterocycles. The molecule has 0 saturated carbocycles. The van der Waals surface area contributed by atoms with Crippen molar-refractivity contribution in [1.82, 2.24) is 24.8 Å². The zero-order valence-electron chi connectivity index (χ0n) is 17.6. The summed E-state index contributed by atoms with van der Waals surface area (Å²) in [5, 5.41) is 7.35. The summed E-state index contributed by atoms with van der Waals surface area (Å²) < 4.78 is 0. The highest BCUT2D eigenvalue weighted by Gasteiger charge is 2.19. The standard InChI is InChI=1S/C20H24N8OS2/c1-13-12-21-19(30-13)24-17-23-18(28-10-8-27(3)9-11-28)26-20(25-17)31-16-6-4-15(5-7-16)22-14(2)29/h4-7,12H,8-11H2,1-3H3,(H,22,29)(H,21,23,24,25,26). The highest BCUT2D eigenvalue weighted by atomic mass is 32.2. The molecule has 2 N–H and O–H groups in total. The number of nitrogens with one attached hydrogen (secondary N) is 2. The topological polar surface area (TPSA) is 99.2 Å². The van der Waals surface area contributed by atoms with Crippen LogP contribution in [0.25, 0.3) is 0 Å². The number of carbonyl (C=O) groups is 1. The minimum Gasteiger partial charge on any atom is -0.338 e. The first-order valence-electron chi connectivity index (χ1n) is 9.89. The fraction of sp³-hybridized carbons (Fsp3) is 0.350. The van der Waals surface area contributed by atoms with Crippen LogP contribution in [-0.2, 0) is 4.79 Å². The number of likely N-dealkylation sites (N-methyl/N-ethyl adjacent to an activating group) is 1. The number of amides is 1. The zero-order valence-corrected chi connectivity index (χ0v) is 19.3. The molecule has 0 unspecified atom stereocenters. The third kappa shape index (κ3) is 5.90. The van der Waals surface area contributed by atoms with Crippen molar-refractivity contribution in [3.63, 3.8) is 0 Å². The molecule has 0 bridgehead atoms. The van der Waals surface area contributed by atoms with Gasteiger partial charge in [-0.05, 0) is 50.0 Å². The number of thiazole rings is 1. The number of hydrogen-bond donors (Lipinski definition) is 2. The monoisotopic (exact) mass is 456 g/mol. The van der Waals surface area contributed by atoms with Crippen LogP contribution in [0.3, 0.4) is 0 Å². The van der Waals surface area contributed by atoms with E-state index in [1.807, 2.05) is 37.4 Å². The molecular weight excluding hydrogens is 432 g/mol. The summed E-state index contributed by atoms with van der Waals surface area (Å²) in [5.74, 6) is 1.05. The summed E-state index contributed by atoms with van der Waals surface area (Å²) in [6.45, 7) is 7.17. The van der Waals surface area contributed by atoms with Crippen molar-refractivity contribution in [2.75, 3.05) is 48.8 Å². The third-order valence-corrected chi connectivity index (χ3v) is 6.31. The van der Waals surface area contributed by atoms with Gasteiger partial charge in [0, 0.05) is 54.8 Å². The average Bonchev–Trinajstić information content (AvgIpc) is 3.14. The van der Waals surface area contributed by atoms with Crippen molar-refractivity contribution in [3.8, 4) is 0 Å². The van der Waals surface area contributed by atoms with Crippen LogP contribution >= 0.6 is 23.1 Å². The second-order valence-electron chi connectivity index (χ2n) is 7.24. The number of piperazine rings is 1. The fourth-order valence-corrected chi connectivity index (χ4v) is 4.42. The number of aromatic nitrogens is 4. The van der Waals surface area contributed by atoms with Gasteiger partial charge in [0.1, 0.15) is 0 Å². The molecule has 1 fully saturated rings. The van der Waals surface area contributed by atoms with Gasteiger partial charge >= 0.3 is 0 Å². The number of rotatable bonds is 6. The molecule has 0 spiro atoms. The molecule has 3 heterocycles. The molecule has 31 heavy (non-hydrogen) atoms. The summed E-state index contributed by atoms with van der Waals surface area (Å²) in [5.41, 5.74) is 0.757. The summed E-state index contributed by atoms with van der Waals surface area (Å²) in [4.78, 5) is 36.1. The van der Waals surface area contributed by atoms with Gasteiger partial charge in [-0.15, -0.1) is 11.3 Å². The second kappa shape index (κ2) is 9.58. The van der Waals surface area contributed by atoms with E-state index in [0.717, 1.165) is 46.8 Å². The molecule has 1 aromatic carbocycles. The van der Waals surface area contributed by atoms with Gasteiger partial charge in [-0.1, -0.05) is 0 Å². The lowest BCUT2D eigenvalue weighted by molar-refractivity contribution is -0.114. The molecule has 1 aliphatic heterocycles. The van der Waals surface area contributed by atoms with Crippen molar-refractivity contribution < 1.29 is 4.79 Å². The molecule has 0 aliphatic carbocycles.